The number of nitrogens with one attached hydrogen (secondary N) is 1. The van der Waals surface area contributed by atoms with E-state index in [1.54, 1.807) is 41.8 Å². The van der Waals surface area contributed by atoms with E-state index in [1.807, 2.05) is 0 Å². The fourth-order valence-corrected chi connectivity index (χ4v) is 5.42. The van der Waals surface area contributed by atoms with E-state index in [4.69, 9.17) is 23.2 Å². The van der Waals surface area contributed by atoms with Gasteiger partial charge in [-0.15, -0.1) is 11.8 Å². The molecule has 0 unspecified atom stereocenters. The predicted octanol–water partition coefficient (Wildman–Crippen LogP) is 6.40. The standard InChI is InChI=1S/C26H32Cl2N2O2S/c1-18-11-13-20(14-12-18)16-33-17-25(31)30(15-22-23(27)9-6-10-24(22)28)19(2)26(32)29-21-7-4-3-5-8-21/h6,9-14,19,21H,3-5,7-8,15-17H2,1-2H3,(H,29,32)/t19-/m0/s1. The van der Waals surface area contributed by atoms with Crippen LogP contribution >= 0.6 is 35.0 Å². The molecule has 0 spiro atoms. The van der Waals surface area contributed by atoms with Gasteiger partial charge in [0.2, 0.25) is 11.8 Å². The maximum Gasteiger partial charge on any atom is 0.242 e. The highest BCUT2D eigenvalue weighted by molar-refractivity contribution is 7.99. The van der Waals surface area contributed by atoms with Crippen molar-refractivity contribution >= 4 is 46.8 Å². The SMILES string of the molecule is Cc1ccc(CSCC(=O)N(Cc2c(Cl)cccc2Cl)[C@@H](C)C(=O)NC2CCCCC2)cc1. The molecule has 1 fully saturated rings. The number of hydrogen-bond acceptors (Lipinski definition) is 3. The van der Waals surface area contributed by atoms with Crippen LogP contribution in [-0.4, -0.2) is 34.6 Å². The minimum atomic E-state index is -0.619. The lowest BCUT2D eigenvalue weighted by Gasteiger charge is -2.31. The van der Waals surface area contributed by atoms with Gasteiger partial charge in [-0.3, -0.25) is 9.59 Å². The summed E-state index contributed by atoms with van der Waals surface area (Å²) in [5.74, 6) is 0.781. The molecule has 2 aromatic carbocycles. The molecule has 1 saturated carbocycles. The number of thioether (sulfide) groups is 1. The number of carbonyl (C=O) groups is 2. The molecule has 0 radical (unpaired) electrons. The number of rotatable bonds is 9. The summed E-state index contributed by atoms with van der Waals surface area (Å²) >= 11 is 14.3. The van der Waals surface area contributed by atoms with Crippen LogP contribution < -0.4 is 5.32 Å². The fraction of sp³-hybridized carbons (Fsp3) is 0.462. The average molecular weight is 508 g/mol. The van der Waals surface area contributed by atoms with Gasteiger partial charge in [-0.25, -0.2) is 0 Å². The summed E-state index contributed by atoms with van der Waals surface area (Å²) in [6, 6.07) is 13.1. The highest BCUT2D eigenvalue weighted by atomic mass is 35.5. The van der Waals surface area contributed by atoms with E-state index in [9.17, 15) is 9.59 Å². The lowest BCUT2D eigenvalue weighted by molar-refractivity contribution is -0.139. The van der Waals surface area contributed by atoms with Crippen LogP contribution in [0.1, 0.15) is 55.7 Å². The van der Waals surface area contributed by atoms with Gasteiger partial charge in [0, 0.05) is 33.9 Å². The summed E-state index contributed by atoms with van der Waals surface area (Å²) < 4.78 is 0. The number of aryl methyl sites for hydroxylation is 1. The molecule has 3 rings (SSSR count). The van der Waals surface area contributed by atoms with Crippen molar-refractivity contribution in [3.63, 3.8) is 0 Å². The topological polar surface area (TPSA) is 49.4 Å². The minimum Gasteiger partial charge on any atom is -0.352 e. The van der Waals surface area contributed by atoms with Crippen molar-refractivity contribution in [3.05, 3.63) is 69.2 Å². The van der Waals surface area contributed by atoms with E-state index in [0.717, 1.165) is 31.4 Å². The normalized spacial score (nSPS) is 15.2. The highest BCUT2D eigenvalue weighted by Gasteiger charge is 2.29. The summed E-state index contributed by atoms with van der Waals surface area (Å²) in [5, 5.41) is 4.14. The van der Waals surface area contributed by atoms with Crippen LogP contribution in [0.15, 0.2) is 42.5 Å². The third-order valence-electron chi connectivity index (χ3n) is 6.12. The van der Waals surface area contributed by atoms with E-state index in [1.165, 1.54) is 17.5 Å². The van der Waals surface area contributed by atoms with Crippen molar-refractivity contribution in [2.24, 2.45) is 0 Å². The largest absolute Gasteiger partial charge is 0.352 e. The third-order valence-corrected chi connectivity index (χ3v) is 7.82. The quantitative estimate of drug-likeness (QED) is 0.427. The molecule has 1 N–H and O–H groups in total. The summed E-state index contributed by atoms with van der Waals surface area (Å²) in [6.45, 7) is 4.03. The number of benzene rings is 2. The first-order chi connectivity index (χ1) is 15.8. The van der Waals surface area contributed by atoms with Gasteiger partial charge in [0.15, 0.2) is 0 Å². The van der Waals surface area contributed by atoms with Crippen molar-refractivity contribution in [2.75, 3.05) is 5.75 Å². The zero-order chi connectivity index (χ0) is 23.8. The van der Waals surface area contributed by atoms with Crippen LogP contribution in [0.5, 0.6) is 0 Å². The van der Waals surface area contributed by atoms with Gasteiger partial charge in [-0.1, -0.05) is 78.4 Å². The van der Waals surface area contributed by atoms with Gasteiger partial charge < -0.3 is 10.2 Å². The van der Waals surface area contributed by atoms with Crippen molar-refractivity contribution in [3.8, 4) is 0 Å². The Labute approximate surface area is 211 Å². The molecule has 4 nitrogen and oxygen atoms in total. The summed E-state index contributed by atoms with van der Waals surface area (Å²) in [6.07, 6.45) is 5.47. The zero-order valence-corrected chi connectivity index (χ0v) is 21.6. The average Bonchev–Trinajstić information content (AvgIpc) is 2.80. The van der Waals surface area contributed by atoms with Gasteiger partial charge in [-0.05, 0) is 44.4 Å². The number of carbonyl (C=O) groups excluding carboxylic acids is 2. The second-order valence-electron chi connectivity index (χ2n) is 8.72. The Morgan fingerprint density at radius 1 is 1.06 bits per heavy atom. The molecule has 0 bridgehead atoms. The van der Waals surface area contributed by atoms with Crippen molar-refractivity contribution < 1.29 is 9.59 Å². The molecule has 0 heterocycles. The van der Waals surface area contributed by atoms with Crippen molar-refractivity contribution in [1.82, 2.24) is 10.2 Å². The van der Waals surface area contributed by atoms with Crippen molar-refractivity contribution in [1.29, 1.82) is 0 Å². The maximum atomic E-state index is 13.3. The maximum absolute atomic E-state index is 13.3. The molecule has 178 valence electrons. The first-order valence-corrected chi connectivity index (χ1v) is 13.4. The third kappa shape index (κ3) is 7.66. The second-order valence-corrected chi connectivity index (χ2v) is 10.5. The number of amides is 2. The Bertz CT molecular complexity index is 926. The molecular formula is C26H32Cl2N2O2S. The monoisotopic (exact) mass is 506 g/mol. The number of nitrogens with zero attached hydrogens (tertiary/aromatic N) is 1. The smallest absolute Gasteiger partial charge is 0.242 e. The molecule has 7 heteroatoms. The summed E-state index contributed by atoms with van der Waals surface area (Å²) in [5.41, 5.74) is 3.04. The fourth-order valence-electron chi connectivity index (χ4n) is 4.03. The van der Waals surface area contributed by atoms with E-state index >= 15 is 0 Å². The molecule has 2 aromatic rings. The van der Waals surface area contributed by atoms with Crippen LogP contribution in [0.3, 0.4) is 0 Å². The Morgan fingerprint density at radius 3 is 2.33 bits per heavy atom. The Hall–Kier alpha value is -1.69. The predicted molar refractivity (Wildman–Crippen MR) is 139 cm³/mol. The Kier molecular flexibility index (Phi) is 9.96. The molecule has 33 heavy (non-hydrogen) atoms. The molecule has 0 aliphatic heterocycles. The van der Waals surface area contributed by atoms with Crippen molar-refractivity contribution in [2.45, 2.75) is 70.3 Å². The van der Waals surface area contributed by atoms with Crippen LogP contribution in [0.25, 0.3) is 0 Å². The van der Waals surface area contributed by atoms with E-state index in [-0.39, 0.29) is 30.2 Å². The summed E-state index contributed by atoms with van der Waals surface area (Å²) in [4.78, 5) is 28.0. The molecule has 1 atom stereocenters. The number of hydrogen-bond donors (Lipinski definition) is 1. The van der Waals surface area contributed by atoms with Crippen LogP contribution in [-0.2, 0) is 21.9 Å². The van der Waals surface area contributed by atoms with Crippen LogP contribution in [0.4, 0.5) is 0 Å². The molecule has 1 aliphatic rings. The first-order valence-electron chi connectivity index (χ1n) is 11.5. The Morgan fingerprint density at radius 2 is 1.70 bits per heavy atom. The van der Waals surface area contributed by atoms with Gasteiger partial charge in [0.1, 0.15) is 6.04 Å². The molecule has 2 amide bonds. The van der Waals surface area contributed by atoms with Crippen LogP contribution in [0.2, 0.25) is 10.0 Å². The first kappa shape index (κ1) is 25.9. The van der Waals surface area contributed by atoms with Crippen LogP contribution in [0, 0.1) is 6.92 Å². The van der Waals surface area contributed by atoms with Gasteiger partial charge in [0.25, 0.3) is 0 Å². The molecule has 1 aliphatic carbocycles. The van der Waals surface area contributed by atoms with E-state index in [2.05, 4.69) is 36.5 Å². The van der Waals surface area contributed by atoms with E-state index in [0.29, 0.717) is 15.6 Å². The lowest BCUT2D eigenvalue weighted by Crippen LogP contribution is -2.50. The molecule has 0 saturated heterocycles. The van der Waals surface area contributed by atoms with E-state index < -0.39 is 6.04 Å². The van der Waals surface area contributed by atoms with Gasteiger partial charge in [-0.2, -0.15) is 0 Å². The minimum absolute atomic E-state index is 0.102. The lowest BCUT2D eigenvalue weighted by atomic mass is 9.95. The summed E-state index contributed by atoms with van der Waals surface area (Å²) in [7, 11) is 0. The zero-order valence-electron chi connectivity index (χ0n) is 19.3. The van der Waals surface area contributed by atoms with Gasteiger partial charge >= 0.3 is 0 Å². The highest BCUT2D eigenvalue weighted by Crippen LogP contribution is 2.27. The Balaban J connectivity index is 1.69. The number of halogens is 2. The van der Waals surface area contributed by atoms with Gasteiger partial charge in [0.05, 0.1) is 5.75 Å². The second kappa shape index (κ2) is 12.7. The molecule has 0 aromatic heterocycles. The molecular weight excluding hydrogens is 475 g/mol.